The van der Waals surface area contributed by atoms with Crippen LogP contribution in [0.3, 0.4) is 0 Å². The van der Waals surface area contributed by atoms with Gasteiger partial charge in [-0.25, -0.2) is 0 Å². The maximum atomic E-state index is 12.2. The smallest absolute Gasteiger partial charge is 0.223 e. The van der Waals surface area contributed by atoms with Gasteiger partial charge in [0.2, 0.25) is 5.91 Å². The number of carbonyl (C=O) groups is 1. The average Bonchev–Trinajstić information content (AvgIpc) is 2.67. The molecule has 1 aliphatic rings. The van der Waals surface area contributed by atoms with Gasteiger partial charge < -0.3 is 10.2 Å². The van der Waals surface area contributed by atoms with Gasteiger partial charge in [0.15, 0.2) is 0 Å². The van der Waals surface area contributed by atoms with Crippen molar-refractivity contribution in [2.75, 3.05) is 20.1 Å². The number of hydrogen-bond donors (Lipinski definition) is 1. The van der Waals surface area contributed by atoms with Crippen LogP contribution >= 0.6 is 0 Å². The van der Waals surface area contributed by atoms with Crippen LogP contribution in [0, 0.1) is 0 Å². The minimum atomic E-state index is 0.0522. The predicted molar refractivity (Wildman–Crippen MR) is 72.0 cm³/mol. The summed E-state index contributed by atoms with van der Waals surface area (Å²) in [6, 6.07) is 0. The molecule has 0 aromatic heterocycles. The van der Waals surface area contributed by atoms with Crippen LogP contribution in [0.1, 0.15) is 58.8 Å². The molecule has 1 aliphatic heterocycles. The number of likely N-dealkylation sites (tertiary alicyclic amines) is 1. The Bertz CT molecular complexity index is 242. The van der Waals surface area contributed by atoms with Crippen molar-refractivity contribution in [3.63, 3.8) is 0 Å². The summed E-state index contributed by atoms with van der Waals surface area (Å²) in [6.07, 6.45) is 7.75. The number of likely N-dealkylation sites (N-methyl/N-ethyl adjacent to an activating group) is 1. The van der Waals surface area contributed by atoms with Crippen LogP contribution in [0.15, 0.2) is 0 Å². The van der Waals surface area contributed by atoms with Crippen LogP contribution in [0.2, 0.25) is 0 Å². The third-order valence-electron chi connectivity index (χ3n) is 3.85. The Balaban J connectivity index is 2.39. The van der Waals surface area contributed by atoms with Gasteiger partial charge in [0, 0.05) is 19.5 Å². The molecule has 0 aromatic rings. The molecule has 1 atom stereocenters. The molecule has 17 heavy (non-hydrogen) atoms. The van der Waals surface area contributed by atoms with Crippen molar-refractivity contribution in [1.29, 1.82) is 0 Å². The Labute approximate surface area is 106 Å². The van der Waals surface area contributed by atoms with Crippen LogP contribution in [0.5, 0.6) is 0 Å². The highest BCUT2D eigenvalue weighted by molar-refractivity contribution is 5.77. The number of nitrogens with one attached hydrogen (secondary N) is 1. The van der Waals surface area contributed by atoms with Crippen molar-refractivity contribution in [1.82, 2.24) is 10.2 Å². The molecule has 0 aromatic carbocycles. The van der Waals surface area contributed by atoms with Gasteiger partial charge in [0.05, 0.1) is 5.54 Å². The van der Waals surface area contributed by atoms with Gasteiger partial charge in [-0.2, -0.15) is 0 Å². The van der Waals surface area contributed by atoms with Crippen molar-refractivity contribution < 1.29 is 4.79 Å². The van der Waals surface area contributed by atoms with Gasteiger partial charge in [-0.3, -0.25) is 4.79 Å². The SMILES string of the molecule is CCCCCCC(=O)N1CCCC1(C)CNC. The van der Waals surface area contributed by atoms with E-state index in [2.05, 4.69) is 24.1 Å². The van der Waals surface area contributed by atoms with Gasteiger partial charge in [0.1, 0.15) is 0 Å². The molecule has 0 bridgehead atoms. The lowest BCUT2D eigenvalue weighted by Crippen LogP contribution is -2.50. The fourth-order valence-corrected chi connectivity index (χ4v) is 2.85. The molecule has 1 saturated heterocycles. The summed E-state index contributed by atoms with van der Waals surface area (Å²) < 4.78 is 0. The first-order valence-corrected chi connectivity index (χ1v) is 7.09. The Morgan fingerprint density at radius 2 is 2.12 bits per heavy atom. The Morgan fingerprint density at radius 3 is 2.76 bits per heavy atom. The summed E-state index contributed by atoms with van der Waals surface area (Å²) in [5.41, 5.74) is 0.0522. The number of rotatable bonds is 7. The topological polar surface area (TPSA) is 32.3 Å². The second kappa shape index (κ2) is 7.00. The largest absolute Gasteiger partial charge is 0.336 e. The van der Waals surface area contributed by atoms with Crippen LogP contribution in [-0.2, 0) is 4.79 Å². The Morgan fingerprint density at radius 1 is 1.35 bits per heavy atom. The Hall–Kier alpha value is -0.570. The van der Waals surface area contributed by atoms with E-state index in [1.54, 1.807) is 0 Å². The molecule has 1 unspecified atom stereocenters. The number of unbranched alkanes of at least 4 members (excludes halogenated alkanes) is 3. The van der Waals surface area contributed by atoms with Crippen molar-refractivity contribution >= 4 is 5.91 Å². The van der Waals surface area contributed by atoms with E-state index in [0.29, 0.717) is 5.91 Å². The lowest BCUT2D eigenvalue weighted by atomic mass is 9.98. The summed E-state index contributed by atoms with van der Waals surface area (Å²) in [7, 11) is 1.97. The number of nitrogens with zero attached hydrogens (tertiary/aromatic N) is 1. The standard InChI is InChI=1S/C14H28N2O/c1-4-5-6-7-9-13(17)16-11-8-10-14(16,2)12-15-3/h15H,4-12H2,1-3H3. The molecule has 100 valence electrons. The van der Waals surface area contributed by atoms with Gasteiger partial charge in [-0.05, 0) is 33.2 Å². The van der Waals surface area contributed by atoms with Crippen LogP contribution in [0.4, 0.5) is 0 Å². The summed E-state index contributed by atoms with van der Waals surface area (Å²) in [5.74, 6) is 0.358. The van der Waals surface area contributed by atoms with E-state index in [-0.39, 0.29) is 5.54 Å². The molecular formula is C14H28N2O. The van der Waals surface area contributed by atoms with Crippen LogP contribution < -0.4 is 5.32 Å². The Kier molecular flexibility index (Phi) is 5.96. The predicted octanol–water partition coefficient (Wildman–Crippen LogP) is 2.56. The van der Waals surface area contributed by atoms with Gasteiger partial charge in [-0.15, -0.1) is 0 Å². The van der Waals surface area contributed by atoms with E-state index < -0.39 is 0 Å². The molecule has 1 heterocycles. The third kappa shape index (κ3) is 3.98. The molecule has 0 radical (unpaired) electrons. The maximum absolute atomic E-state index is 12.2. The first-order valence-electron chi connectivity index (χ1n) is 7.09. The fourth-order valence-electron chi connectivity index (χ4n) is 2.85. The van der Waals surface area contributed by atoms with Crippen LogP contribution in [0.25, 0.3) is 0 Å². The number of hydrogen-bond acceptors (Lipinski definition) is 2. The minimum absolute atomic E-state index is 0.0522. The van der Waals surface area contributed by atoms with Crippen molar-refractivity contribution in [3.05, 3.63) is 0 Å². The molecule has 1 fully saturated rings. The van der Waals surface area contributed by atoms with Gasteiger partial charge >= 0.3 is 0 Å². The lowest BCUT2D eigenvalue weighted by molar-refractivity contribution is -0.134. The molecule has 0 saturated carbocycles. The maximum Gasteiger partial charge on any atom is 0.223 e. The third-order valence-corrected chi connectivity index (χ3v) is 3.85. The van der Waals surface area contributed by atoms with E-state index in [4.69, 9.17) is 0 Å². The molecule has 1 N–H and O–H groups in total. The second-order valence-corrected chi connectivity index (χ2v) is 5.49. The highest BCUT2D eigenvalue weighted by atomic mass is 16.2. The van der Waals surface area contributed by atoms with Crippen molar-refractivity contribution in [2.45, 2.75) is 64.3 Å². The molecule has 0 aliphatic carbocycles. The first kappa shape index (κ1) is 14.5. The highest BCUT2D eigenvalue weighted by Gasteiger charge is 2.38. The van der Waals surface area contributed by atoms with Crippen molar-refractivity contribution in [3.8, 4) is 0 Å². The van der Waals surface area contributed by atoms with E-state index in [9.17, 15) is 4.79 Å². The van der Waals surface area contributed by atoms with Crippen molar-refractivity contribution in [2.24, 2.45) is 0 Å². The first-order chi connectivity index (χ1) is 8.14. The summed E-state index contributed by atoms with van der Waals surface area (Å²) >= 11 is 0. The van der Waals surface area contributed by atoms with E-state index in [1.165, 1.54) is 19.3 Å². The molecule has 0 spiro atoms. The monoisotopic (exact) mass is 240 g/mol. The quantitative estimate of drug-likeness (QED) is 0.694. The lowest BCUT2D eigenvalue weighted by Gasteiger charge is -2.35. The average molecular weight is 240 g/mol. The normalized spacial score (nSPS) is 24.3. The summed E-state index contributed by atoms with van der Waals surface area (Å²) in [4.78, 5) is 14.3. The summed E-state index contributed by atoms with van der Waals surface area (Å²) in [6.45, 7) is 6.27. The zero-order valence-corrected chi connectivity index (χ0v) is 11.7. The fraction of sp³-hybridized carbons (Fsp3) is 0.929. The molecule has 3 nitrogen and oxygen atoms in total. The zero-order chi connectivity index (χ0) is 12.7. The van der Waals surface area contributed by atoms with Gasteiger partial charge in [0.25, 0.3) is 0 Å². The van der Waals surface area contributed by atoms with E-state index >= 15 is 0 Å². The number of carbonyl (C=O) groups excluding carboxylic acids is 1. The van der Waals surface area contributed by atoms with Gasteiger partial charge in [-0.1, -0.05) is 26.2 Å². The molecule has 1 amide bonds. The van der Waals surface area contributed by atoms with E-state index in [1.807, 2.05) is 7.05 Å². The molecule has 3 heteroatoms. The number of amides is 1. The zero-order valence-electron chi connectivity index (χ0n) is 11.7. The minimum Gasteiger partial charge on any atom is -0.336 e. The second-order valence-electron chi connectivity index (χ2n) is 5.49. The summed E-state index contributed by atoms with van der Waals surface area (Å²) in [5, 5.41) is 3.22. The van der Waals surface area contributed by atoms with Crippen LogP contribution in [-0.4, -0.2) is 36.5 Å². The van der Waals surface area contributed by atoms with E-state index in [0.717, 1.165) is 38.8 Å². The molecular weight excluding hydrogens is 212 g/mol. The highest BCUT2D eigenvalue weighted by Crippen LogP contribution is 2.29. The molecule has 1 rings (SSSR count).